The van der Waals surface area contributed by atoms with Gasteiger partial charge in [0, 0.05) is 24.8 Å². The molecule has 4 amide bonds. The molecule has 2 aliphatic rings. The van der Waals surface area contributed by atoms with Crippen molar-refractivity contribution in [2.24, 2.45) is 0 Å². The van der Waals surface area contributed by atoms with Gasteiger partial charge in [-0.25, -0.2) is 0 Å². The summed E-state index contributed by atoms with van der Waals surface area (Å²) in [6.07, 6.45) is 2.92. The Morgan fingerprint density at radius 3 is 2.66 bits per heavy atom. The smallest absolute Gasteiger partial charge is 0.303 e. The van der Waals surface area contributed by atoms with Crippen LogP contribution in [0.2, 0.25) is 0 Å². The molecule has 1 aromatic carbocycles. The SMILES string of the molecule is O=C(O)CCCCCC#Cc1cccc2c1C(=O)N(C1CCC(=O)NC1=O)C2=O. The zero-order valence-electron chi connectivity index (χ0n) is 15.7. The topological polar surface area (TPSA) is 121 Å². The third kappa shape index (κ3) is 4.35. The predicted octanol–water partition coefficient (Wildman–Crippen LogP) is 1.47. The number of piperidine rings is 1. The quantitative estimate of drug-likeness (QED) is 0.427. The number of rotatable bonds is 6. The number of fused-ring (bicyclic) bond motifs is 1. The number of nitrogens with one attached hydrogen (secondary N) is 1. The molecular weight excluding hydrogens is 376 g/mol. The van der Waals surface area contributed by atoms with E-state index in [4.69, 9.17) is 5.11 Å². The fourth-order valence-electron chi connectivity index (χ4n) is 3.44. The highest BCUT2D eigenvalue weighted by Gasteiger charge is 2.45. The van der Waals surface area contributed by atoms with E-state index in [0.29, 0.717) is 18.4 Å². The van der Waals surface area contributed by atoms with Gasteiger partial charge in [0.2, 0.25) is 11.8 Å². The molecule has 1 fully saturated rings. The zero-order chi connectivity index (χ0) is 21.0. The lowest BCUT2D eigenvalue weighted by atomic mass is 10.0. The molecule has 1 saturated heterocycles. The minimum atomic E-state index is -1.00. The van der Waals surface area contributed by atoms with Gasteiger partial charge >= 0.3 is 5.97 Å². The Morgan fingerprint density at radius 1 is 1.14 bits per heavy atom. The molecule has 0 saturated carbocycles. The zero-order valence-corrected chi connectivity index (χ0v) is 15.7. The molecule has 1 atom stereocenters. The van der Waals surface area contributed by atoms with Crippen LogP contribution < -0.4 is 5.32 Å². The van der Waals surface area contributed by atoms with Crippen LogP contribution in [0, 0.1) is 11.8 Å². The molecule has 0 bridgehead atoms. The molecule has 0 aromatic heterocycles. The van der Waals surface area contributed by atoms with E-state index in [0.717, 1.165) is 17.7 Å². The monoisotopic (exact) mass is 396 g/mol. The van der Waals surface area contributed by atoms with Gasteiger partial charge in [0.15, 0.2) is 0 Å². The molecule has 150 valence electrons. The van der Waals surface area contributed by atoms with Crippen LogP contribution in [0.25, 0.3) is 0 Å². The molecule has 0 aliphatic carbocycles. The lowest BCUT2D eigenvalue weighted by Crippen LogP contribution is -2.54. The molecule has 0 spiro atoms. The van der Waals surface area contributed by atoms with Crippen molar-refractivity contribution in [3.05, 3.63) is 34.9 Å². The predicted molar refractivity (Wildman–Crippen MR) is 101 cm³/mol. The number of hydrogen-bond donors (Lipinski definition) is 2. The average Bonchev–Trinajstić information content (AvgIpc) is 2.92. The van der Waals surface area contributed by atoms with Gasteiger partial charge in [0.05, 0.1) is 11.1 Å². The number of carbonyl (C=O) groups is 5. The number of carbonyl (C=O) groups excluding carboxylic acids is 4. The van der Waals surface area contributed by atoms with Gasteiger partial charge in [-0.05, 0) is 31.4 Å². The molecule has 2 aliphatic heterocycles. The maximum absolute atomic E-state index is 12.9. The number of carboxylic acids is 1. The number of aliphatic carboxylic acids is 1. The largest absolute Gasteiger partial charge is 0.481 e. The van der Waals surface area contributed by atoms with Crippen LogP contribution in [0.4, 0.5) is 0 Å². The summed E-state index contributed by atoms with van der Waals surface area (Å²) in [5.41, 5.74) is 0.801. The number of amides is 4. The first kappa shape index (κ1) is 20.3. The average molecular weight is 396 g/mol. The molecule has 2 heterocycles. The molecule has 1 aromatic rings. The maximum atomic E-state index is 12.9. The van der Waals surface area contributed by atoms with E-state index in [-0.39, 0.29) is 30.4 Å². The van der Waals surface area contributed by atoms with E-state index in [1.165, 1.54) is 6.07 Å². The minimum Gasteiger partial charge on any atom is -0.481 e. The van der Waals surface area contributed by atoms with E-state index in [1.807, 2.05) is 0 Å². The van der Waals surface area contributed by atoms with Crippen molar-refractivity contribution < 1.29 is 29.1 Å². The number of nitrogens with zero attached hydrogens (tertiary/aromatic N) is 1. The number of unbranched alkanes of at least 4 members (excludes halogenated alkanes) is 3. The van der Waals surface area contributed by atoms with Crippen molar-refractivity contribution in [2.75, 3.05) is 0 Å². The highest BCUT2D eigenvalue weighted by molar-refractivity contribution is 6.24. The number of imide groups is 2. The third-order valence-electron chi connectivity index (χ3n) is 4.88. The van der Waals surface area contributed by atoms with Crippen LogP contribution in [0.5, 0.6) is 0 Å². The van der Waals surface area contributed by atoms with Crippen molar-refractivity contribution in [1.29, 1.82) is 0 Å². The normalized spacial score (nSPS) is 18.2. The number of carboxylic acid groups (broad SMARTS) is 1. The minimum absolute atomic E-state index is 0.0678. The van der Waals surface area contributed by atoms with E-state index < -0.39 is 35.6 Å². The first-order chi connectivity index (χ1) is 13.9. The summed E-state index contributed by atoms with van der Waals surface area (Å²) < 4.78 is 0. The second kappa shape index (κ2) is 8.69. The van der Waals surface area contributed by atoms with E-state index in [2.05, 4.69) is 17.2 Å². The van der Waals surface area contributed by atoms with E-state index in [1.54, 1.807) is 12.1 Å². The third-order valence-corrected chi connectivity index (χ3v) is 4.88. The molecule has 29 heavy (non-hydrogen) atoms. The van der Waals surface area contributed by atoms with Crippen molar-refractivity contribution in [1.82, 2.24) is 10.2 Å². The van der Waals surface area contributed by atoms with Crippen molar-refractivity contribution in [3.63, 3.8) is 0 Å². The van der Waals surface area contributed by atoms with E-state index >= 15 is 0 Å². The molecule has 8 heteroatoms. The number of hydrogen-bond acceptors (Lipinski definition) is 5. The van der Waals surface area contributed by atoms with Gasteiger partial charge in [0.25, 0.3) is 11.8 Å². The Hall–Kier alpha value is -3.47. The van der Waals surface area contributed by atoms with Crippen LogP contribution in [0.15, 0.2) is 18.2 Å². The molecule has 2 N–H and O–H groups in total. The maximum Gasteiger partial charge on any atom is 0.303 e. The Labute approximate surface area is 167 Å². The molecular formula is C21H20N2O6. The van der Waals surface area contributed by atoms with Crippen LogP contribution in [-0.2, 0) is 14.4 Å². The molecule has 8 nitrogen and oxygen atoms in total. The highest BCUT2D eigenvalue weighted by atomic mass is 16.4. The van der Waals surface area contributed by atoms with Gasteiger partial charge in [-0.2, -0.15) is 0 Å². The summed E-state index contributed by atoms with van der Waals surface area (Å²) in [5.74, 6) is 2.85. The van der Waals surface area contributed by atoms with E-state index in [9.17, 15) is 24.0 Å². The molecule has 3 rings (SSSR count). The van der Waals surface area contributed by atoms with Gasteiger partial charge in [-0.15, -0.1) is 0 Å². The highest BCUT2D eigenvalue weighted by Crippen LogP contribution is 2.29. The summed E-state index contributed by atoms with van der Waals surface area (Å²) in [7, 11) is 0. The first-order valence-corrected chi connectivity index (χ1v) is 9.45. The molecule has 1 unspecified atom stereocenters. The summed E-state index contributed by atoms with van der Waals surface area (Å²) in [4.78, 5) is 60.5. The van der Waals surface area contributed by atoms with Crippen molar-refractivity contribution >= 4 is 29.6 Å². The summed E-state index contributed by atoms with van der Waals surface area (Å²) in [5, 5.41) is 10.8. The lowest BCUT2D eigenvalue weighted by molar-refractivity contribution is -0.138. The second-order valence-corrected chi connectivity index (χ2v) is 6.93. The van der Waals surface area contributed by atoms with Crippen LogP contribution in [-0.4, -0.2) is 45.6 Å². The summed E-state index contributed by atoms with van der Waals surface area (Å²) in [6.45, 7) is 0. The van der Waals surface area contributed by atoms with Gasteiger partial charge in [0.1, 0.15) is 6.04 Å². The Bertz CT molecular complexity index is 956. The lowest BCUT2D eigenvalue weighted by Gasteiger charge is -2.27. The Balaban J connectivity index is 1.72. The van der Waals surface area contributed by atoms with Gasteiger partial charge < -0.3 is 5.11 Å². The van der Waals surface area contributed by atoms with Crippen LogP contribution in [0.3, 0.4) is 0 Å². The Morgan fingerprint density at radius 2 is 1.93 bits per heavy atom. The van der Waals surface area contributed by atoms with Gasteiger partial charge in [-0.3, -0.25) is 34.2 Å². The summed E-state index contributed by atoms with van der Waals surface area (Å²) in [6, 6.07) is 3.80. The van der Waals surface area contributed by atoms with Crippen molar-refractivity contribution in [3.8, 4) is 11.8 Å². The standard InChI is InChI=1S/C21H20N2O6/c24-16-12-11-15(19(27)22-16)23-20(28)14-9-6-8-13(18(14)21(23)29)7-4-2-1-3-5-10-17(25)26/h6,8-9,15H,1-3,5,10-12H2,(H,25,26)(H,22,24,27). The fraction of sp³-hybridized carbons (Fsp3) is 0.381. The molecule has 0 radical (unpaired) electrons. The van der Waals surface area contributed by atoms with Crippen LogP contribution >= 0.6 is 0 Å². The van der Waals surface area contributed by atoms with Crippen LogP contribution in [0.1, 0.15) is 71.2 Å². The Kier molecular flexibility index (Phi) is 6.07. The first-order valence-electron chi connectivity index (χ1n) is 9.45. The summed E-state index contributed by atoms with van der Waals surface area (Å²) >= 11 is 0. The number of benzene rings is 1. The fourth-order valence-corrected chi connectivity index (χ4v) is 3.44. The second-order valence-electron chi connectivity index (χ2n) is 6.93. The van der Waals surface area contributed by atoms with Crippen molar-refractivity contribution in [2.45, 2.75) is 51.0 Å². The van der Waals surface area contributed by atoms with Gasteiger partial charge in [-0.1, -0.05) is 24.3 Å².